The van der Waals surface area contributed by atoms with Gasteiger partial charge in [-0.15, -0.1) is 0 Å². The first-order valence-electron chi connectivity index (χ1n) is 7.70. The van der Waals surface area contributed by atoms with Crippen molar-refractivity contribution in [2.75, 3.05) is 0 Å². The van der Waals surface area contributed by atoms with Crippen LogP contribution in [-0.4, -0.2) is 0 Å². The van der Waals surface area contributed by atoms with Gasteiger partial charge < -0.3 is 0 Å². The summed E-state index contributed by atoms with van der Waals surface area (Å²) in [5.74, 6) is 1.92. The van der Waals surface area contributed by atoms with Crippen LogP contribution in [0.3, 0.4) is 0 Å². The molecule has 0 aliphatic rings. The fraction of sp³-hybridized carbons (Fsp3) is 1.00. The maximum Gasteiger partial charge on any atom is -0.0443 e. The van der Waals surface area contributed by atoms with Crippen LogP contribution >= 0.6 is 0 Å². The first-order valence-corrected chi connectivity index (χ1v) is 7.70. The van der Waals surface area contributed by atoms with Crippen LogP contribution in [0.4, 0.5) is 0 Å². The lowest BCUT2D eigenvalue weighted by Gasteiger charge is -2.13. The number of hydrogen-bond donors (Lipinski definition) is 0. The molecular weight excluding hydrogens is 192 g/mol. The Morgan fingerprint density at radius 3 is 1.69 bits per heavy atom. The summed E-state index contributed by atoms with van der Waals surface area (Å²) >= 11 is 0. The van der Waals surface area contributed by atoms with Crippen molar-refractivity contribution in [1.82, 2.24) is 0 Å². The smallest absolute Gasteiger partial charge is 0.0443 e. The molecule has 0 aliphatic carbocycles. The van der Waals surface area contributed by atoms with Crippen molar-refractivity contribution in [2.24, 2.45) is 11.8 Å². The highest BCUT2D eigenvalue weighted by molar-refractivity contribution is 4.58. The molecule has 0 heterocycles. The summed E-state index contributed by atoms with van der Waals surface area (Å²) in [5, 5.41) is 0. The highest BCUT2D eigenvalue weighted by Crippen LogP contribution is 2.20. The van der Waals surface area contributed by atoms with E-state index in [1.54, 1.807) is 0 Å². The topological polar surface area (TPSA) is 0 Å². The number of rotatable bonds is 11. The van der Waals surface area contributed by atoms with Gasteiger partial charge in [-0.05, 0) is 11.8 Å². The van der Waals surface area contributed by atoms with E-state index in [1.807, 2.05) is 0 Å². The summed E-state index contributed by atoms with van der Waals surface area (Å²) in [6.07, 6.45) is 14.3. The van der Waals surface area contributed by atoms with Crippen LogP contribution in [0.1, 0.15) is 91.9 Å². The molecule has 0 saturated heterocycles. The molecule has 2 atom stereocenters. The van der Waals surface area contributed by atoms with Gasteiger partial charge in [0, 0.05) is 0 Å². The monoisotopic (exact) mass is 226 g/mol. The Labute approximate surface area is 104 Å². The summed E-state index contributed by atoms with van der Waals surface area (Å²) in [4.78, 5) is 0. The summed E-state index contributed by atoms with van der Waals surface area (Å²) in [7, 11) is 0. The first-order chi connectivity index (χ1) is 7.70. The van der Waals surface area contributed by atoms with E-state index in [2.05, 4.69) is 27.7 Å². The summed E-state index contributed by atoms with van der Waals surface area (Å²) in [6.45, 7) is 9.44. The van der Waals surface area contributed by atoms with Crippen LogP contribution in [0.5, 0.6) is 0 Å². The van der Waals surface area contributed by atoms with Crippen LogP contribution in [-0.2, 0) is 0 Å². The second-order valence-electron chi connectivity index (χ2n) is 5.78. The van der Waals surface area contributed by atoms with Gasteiger partial charge in [0.2, 0.25) is 0 Å². The van der Waals surface area contributed by atoms with E-state index < -0.39 is 0 Å². The first kappa shape index (κ1) is 16.0. The van der Waals surface area contributed by atoms with Crippen LogP contribution in [0.2, 0.25) is 0 Å². The Morgan fingerprint density at radius 1 is 0.562 bits per heavy atom. The third-order valence-electron chi connectivity index (χ3n) is 3.73. The van der Waals surface area contributed by atoms with Gasteiger partial charge in [0.1, 0.15) is 0 Å². The Balaban J connectivity index is 3.26. The molecule has 0 amide bonds. The number of unbranched alkanes of at least 4 members (excludes halogenated alkanes) is 3. The van der Waals surface area contributed by atoms with Crippen molar-refractivity contribution in [2.45, 2.75) is 91.9 Å². The molecule has 0 rings (SSSR count). The second-order valence-corrected chi connectivity index (χ2v) is 5.78. The van der Waals surface area contributed by atoms with E-state index in [0.29, 0.717) is 0 Å². The molecule has 0 radical (unpaired) electrons. The van der Waals surface area contributed by atoms with E-state index in [0.717, 1.165) is 11.8 Å². The minimum atomic E-state index is 0.956. The van der Waals surface area contributed by atoms with Gasteiger partial charge in [-0.2, -0.15) is 0 Å². The molecule has 0 aromatic rings. The van der Waals surface area contributed by atoms with E-state index in [-0.39, 0.29) is 0 Å². The third-order valence-corrected chi connectivity index (χ3v) is 3.73. The largest absolute Gasteiger partial charge is 0.0654 e. The lowest BCUT2D eigenvalue weighted by molar-refractivity contribution is 0.399. The van der Waals surface area contributed by atoms with E-state index >= 15 is 0 Å². The van der Waals surface area contributed by atoms with Crippen molar-refractivity contribution < 1.29 is 0 Å². The van der Waals surface area contributed by atoms with Gasteiger partial charge >= 0.3 is 0 Å². The summed E-state index contributed by atoms with van der Waals surface area (Å²) in [5.41, 5.74) is 0. The van der Waals surface area contributed by atoms with Crippen LogP contribution < -0.4 is 0 Å². The minimum absolute atomic E-state index is 0.956. The van der Waals surface area contributed by atoms with Crippen molar-refractivity contribution >= 4 is 0 Å². The fourth-order valence-corrected chi connectivity index (χ4v) is 2.52. The van der Waals surface area contributed by atoms with Gasteiger partial charge in [0.05, 0.1) is 0 Å². The second kappa shape index (κ2) is 11.5. The molecule has 0 aliphatic heterocycles. The molecule has 0 nitrogen and oxygen atoms in total. The Kier molecular flexibility index (Phi) is 11.5. The predicted octanol–water partition coefficient (Wildman–Crippen LogP) is 6.20. The summed E-state index contributed by atoms with van der Waals surface area (Å²) in [6, 6.07) is 0. The molecular formula is C16H34. The molecule has 0 spiro atoms. The maximum atomic E-state index is 2.44. The predicted molar refractivity (Wildman–Crippen MR) is 75.8 cm³/mol. The van der Waals surface area contributed by atoms with Gasteiger partial charge in [-0.25, -0.2) is 0 Å². The van der Waals surface area contributed by atoms with Crippen LogP contribution in [0.15, 0.2) is 0 Å². The molecule has 0 aromatic carbocycles. The van der Waals surface area contributed by atoms with Gasteiger partial charge in [0.15, 0.2) is 0 Å². The van der Waals surface area contributed by atoms with Crippen molar-refractivity contribution in [1.29, 1.82) is 0 Å². The molecule has 0 N–H and O–H groups in total. The van der Waals surface area contributed by atoms with Gasteiger partial charge in [-0.3, -0.25) is 0 Å². The van der Waals surface area contributed by atoms with Crippen molar-refractivity contribution in [3.8, 4) is 0 Å². The molecule has 0 aromatic heterocycles. The lowest BCUT2D eigenvalue weighted by atomic mass is 9.93. The fourth-order valence-electron chi connectivity index (χ4n) is 2.52. The zero-order valence-electron chi connectivity index (χ0n) is 12.2. The average Bonchev–Trinajstić information content (AvgIpc) is 2.25. The molecule has 0 saturated carbocycles. The van der Waals surface area contributed by atoms with Gasteiger partial charge in [0.25, 0.3) is 0 Å². The van der Waals surface area contributed by atoms with E-state index in [9.17, 15) is 0 Å². The standard InChI is InChI=1S/C16H34/c1-5-7-8-9-12-16(4)14-10-13-15(3)11-6-2/h15-16H,5-14H2,1-4H3. The van der Waals surface area contributed by atoms with E-state index in [1.165, 1.54) is 64.2 Å². The van der Waals surface area contributed by atoms with E-state index in [4.69, 9.17) is 0 Å². The number of hydrogen-bond acceptors (Lipinski definition) is 0. The molecule has 0 bridgehead atoms. The van der Waals surface area contributed by atoms with Crippen LogP contribution in [0.25, 0.3) is 0 Å². The maximum absolute atomic E-state index is 2.44. The molecule has 0 fully saturated rings. The van der Waals surface area contributed by atoms with Crippen molar-refractivity contribution in [3.63, 3.8) is 0 Å². The third kappa shape index (κ3) is 10.5. The normalized spacial score (nSPS) is 15.0. The SMILES string of the molecule is CCCCCCC(C)CCCC(C)CCC. The zero-order chi connectivity index (χ0) is 12.2. The van der Waals surface area contributed by atoms with Crippen LogP contribution in [0, 0.1) is 11.8 Å². The van der Waals surface area contributed by atoms with Crippen molar-refractivity contribution in [3.05, 3.63) is 0 Å². The molecule has 98 valence electrons. The average molecular weight is 226 g/mol. The quantitative estimate of drug-likeness (QED) is 0.368. The summed E-state index contributed by atoms with van der Waals surface area (Å²) < 4.78 is 0. The molecule has 16 heavy (non-hydrogen) atoms. The lowest BCUT2D eigenvalue weighted by Crippen LogP contribution is -1.98. The zero-order valence-corrected chi connectivity index (χ0v) is 12.2. The molecule has 0 heteroatoms. The highest BCUT2D eigenvalue weighted by atomic mass is 14.1. The Bertz CT molecular complexity index is 128. The Morgan fingerprint density at radius 2 is 1.12 bits per heavy atom. The Hall–Kier alpha value is 0. The highest BCUT2D eigenvalue weighted by Gasteiger charge is 2.04. The minimum Gasteiger partial charge on any atom is -0.0654 e. The van der Waals surface area contributed by atoms with Gasteiger partial charge in [-0.1, -0.05) is 91.9 Å². The molecule has 2 unspecified atom stereocenters.